The Morgan fingerprint density at radius 2 is 2.00 bits per heavy atom. The molecule has 2 heterocycles. The summed E-state index contributed by atoms with van der Waals surface area (Å²) in [6.07, 6.45) is 2.51. The molecule has 1 aromatic carbocycles. The molecule has 1 atom stereocenters. The zero-order valence-corrected chi connectivity index (χ0v) is 10.4. The Morgan fingerprint density at radius 1 is 1.25 bits per heavy atom. The van der Waals surface area contributed by atoms with Crippen molar-refractivity contribution in [2.24, 2.45) is 0 Å². The minimum Gasteiger partial charge on any atom is -0.384 e. The van der Waals surface area contributed by atoms with Crippen LogP contribution in [0.25, 0.3) is 11.0 Å². The van der Waals surface area contributed by atoms with Crippen molar-refractivity contribution in [1.82, 2.24) is 9.97 Å². The predicted octanol–water partition coefficient (Wildman–Crippen LogP) is 2.55. The van der Waals surface area contributed by atoms with Crippen LogP contribution in [-0.2, 0) is 0 Å². The molecule has 0 saturated heterocycles. The number of H-pyrrole nitrogens is 1. The lowest BCUT2D eigenvalue weighted by atomic mass is 10.0. The fourth-order valence-electron chi connectivity index (χ4n) is 2.16. The highest BCUT2D eigenvalue weighted by molar-refractivity contribution is 5.80. The number of benzene rings is 1. The summed E-state index contributed by atoms with van der Waals surface area (Å²) in [6, 6.07) is 9.53. The van der Waals surface area contributed by atoms with Crippen molar-refractivity contribution in [3.8, 4) is 0 Å². The van der Waals surface area contributed by atoms with Gasteiger partial charge in [-0.2, -0.15) is 0 Å². The Balaban J connectivity index is 1.99. The van der Waals surface area contributed by atoms with Crippen LogP contribution < -0.4 is 0 Å². The van der Waals surface area contributed by atoms with Gasteiger partial charge in [-0.15, -0.1) is 0 Å². The lowest BCUT2D eigenvalue weighted by molar-refractivity contribution is -0.384. The standard InChI is InChI=1S/C14H11N3O3/c18-13(9-3-5-10(6-4-9)17(19)20)12-8-16-14-11(12)2-1-7-15-14/h1-8,13,18H,(H,15,16). The van der Waals surface area contributed by atoms with E-state index in [9.17, 15) is 15.2 Å². The molecule has 0 bridgehead atoms. The van der Waals surface area contributed by atoms with E-state index in [2.05, 4.69) is 9.97 Å². The van der Waals surface area contributed by atoms with E-state index in [0.29, 0.717) is 16.8 Å². The molecule has 1 unspecified atom stereocenters. The molecule has 3 aromatic rings. The van der Waals surface area contributed by atoms with Crippen LogP contribution in [0.4, 0.5) is 5.69 Å². The highest BCUT2D eigenvalue weighted by Crippen LogP contribution is 2.28. The number of aromatic nitrogens is 2. The van der Waals surface area contributed by atoms with Crippen molar-refractivity contribution in [2.45, 2.75) is 6.10 Å². The lowest BCUT2D eigenvalue weighted by Crippen LogP contribution is -1.99. The number of non-ortho nitro benzene ring substituents is 1. The first kappa shape index (κ1) is 12.3. The molecule has 0 saturated carbocycles. The van der Waals surface area contributed by atoms with Crippen molar-refractivity contribution < 1.29 is 10.0 Å². The molecule has 0 aliphatic carbocycles. The van der Waals surface area contributed by atoms with Gasteiger partial charge in [-0.05, 0) is 29.8 Å². The lowest BCUT2D eigenvalue weighted by Gasteiger charge is -2.09. The third-order valence-corrected chi connectivity index (χ3v) is 3.20. The monoisotopic (exact) mass is 269 g/mol. The van der Waals surface area contributed by atoms with Gasteiger partial charge in [0.15, 0.2) is 0 Å². The van der Waals surface area contributed by atoms with E-state index in [1.165, 1.54) is 12.1 Å². The zero-order valence-electron chi connectivity index (χ0n) is 10.4. The van der Waals surface area contributed by atoms with E-state index in [4.69, 9.17) is 0 Å². The Kier molecular flexibility index (Phi) is 2.92. The van der Waals surface area contributed by atoms with Crippen molar-refractivity contribution >= 4 is 16.7 Å². The summed E-state index contributed by atoms with van der Waals surface area (Å²) >= 11 is 0. The fourth-order valence-corrected chi connectivity index (χ4v) is 2.16. The van der Waals surface area contributed by atoms with Gasteiger partial charge in [0.25, 0.3) is 5.69 Å². The van der Waals surface area contributed by atoms with Crippen LogP contribution >= 0.6 is 0 Å². The molecule has 6 nitrogen and oxygen atoms in total. The summed E-state index contributed by atoms with van der Waals surface area (Å²) in [6.45, 7) is 0. The number of hydrogen-bond acceptors (Lipinski definition) is 4. The van der Waals surface area contributed by atoms with E-state index in [1.807, 2.05) is 6.07 Å². The number of pyridine rings is 1. The van der Waals surface area contributed by atoms with Gasteiger partial charge in [0.05, 0.1) is 4.92 Å². The summed E-state index contributed by atoms with van der Waals surface area (Å²) in [5.74, 6) is 0. The van der Waals surface area contributed by atoms with E-state index < -0.39 is 11.0 Å². The van der Waals surface area contributed by atoms with E-state index in [0.717, 1.165) is 5.39 Å². The molecule has 0 amide bonds. The van der Waals surface area contributed by atoms with Gasteiger partial charge in [-0.3, -0.25) is 10.1 Å². The molecule has 20 heavy (non-hydrogen) atoms. The first-order valence-electron chi connectivity index (χ1n) is 6.01. The number of fused-ring (bicyclic) bond motifs is 1. The third-order valence-electron chi connectivity index (χ3n) is 3.20. The van der Waals surface area contributed by atoms with Gasteiger partial charge < -0.3 is 10.1 Å². The quantitative estimate of drug-likeness (QED) is 0.564. The van der Waals surface area contributed by atoms with Gasteiger partial charge in [0.2, 0.25) is 0 Å². The topological polar surface area (TPSA) is 92.0 Å². The van der Waals surface area contributed by atoms with Crippen LogP contribution in [0, 0.1) is 10.1 Å². The molecule has 6 heteroatoms. The fraction of sp³-hybridized carbons (Fsp3) is 0.0714. The first-order chi connectivity index (χ1) is 9.66. The van der Waals surface area contributed by atoms with Gasteiger partial charge in [0.1, 0.15) is 11.8 Å². The van der Waals surface area contributed by atoms with Crippen LogP contribution in [0.2, 0.25) is 0 Å². The highest BCUT2D eigenvalue weighted by atomic mass is 16.6. The largest absolute Gasteiger partial charge is 0.384 e. The molecule has 2 aromatic heterocycles. The number of nitrogens with one attached hydrogen (secondary N) is 1. The maximum atomic E-state index is 10.6. The smallest absolute Gasteiger partial charge is 0.269 e. The molecular weight excluding hydrogens is 258 g/mol. The number of aliphatic hydroxyl groups is 1. The summed E-state index contributed by atoms with van der Waals surface area (Å²) in [7, 11) is 0. The molecule has 0 aliphatic heterocycles. The summed E-state index contributed by atoms with van der Waals surface area (Å²) < 4.78 is 0. The van der Waals surface area contributed by atoms with E-state index in [1.54, 1.807) is 30.6 Å². The Hall–Kier alpha value is -2.73. The molecule has 0 radical (unpaired) electrons. The minimum atomic E-state index is -0.853. The van der Waals surface area contributed by atoms with Crippen molar-refractivity contribution in [2.75, 3.05) is 0 Å². The number of hydrogen-bond donors (Lipinski definition) is 2. The molecule has 100 valence electrons. The van der Waals surface area contributed by atoms with Crippen LogP contribution in [0.5, 0.6) is 0 Å². The molecule has 0 fully saturated rings. The van der Waals surface area contributed by atoms with Crippen molar-refractivity contribution in [1.29, 1.82) is 0 Å². The predicted molar refractivity (Wildman–Crippen MR) is 73.3 cm³/mol. The molecule has 3 rings (SSSR count). The zero-order chi connectivity index (χ0) is 14.1. The maximum Gasteiger partial charge on any atom is 0.269 e. The highest BCUT2D eigenvalue weighted by Gasteiger charge is 2.16. The second-order valence-corrected chi connectivity index (χ2v) is 4.39. The molecule has 0 aliphatic rings. The van der Waals surface area contributed by atoms with Gasteiger partial charge in [0, 0.05) is 35.5 Å². The second-order valence-electron chi connectivity index (χ2n) is 4.39. The average Bonchev–Trinajstić information content (AvgIpc) is 2.90. The first-order valence-corrected chi connectivity index (χ1v) is 6.01. The SMILES string of the molecule is O=[N+]([O-])c1ccc(C(O)c2c[nH]c3ncccc23)cc1. The number of nitrogens with zero attached hydrogens (tertiary/aromatic N) is 2. The normalized spacial score (nSPS) is 12.4. The number of aromatic amines is 1. The van der Waals surface area contributed by atoms with Crippen LogP contribution in [0.15, 0.2) is 48.8 Å². The number of rotatable bonds is 3. The Morgan fingerprint density at radius 3 is 2.70 bits per heavy atom. The van der Waals surface area contributed by atoms with Crippen LogP contribution in [0.3, 0.4) is 0 Å². The van der Waals surface area contributed by atoms with Crippen LogP contribution in [-0.4, -0.2) is 20.0 Å². The average molecular weight is 269 g/mol. The van der Waals surface area contributed by atoms with E-state index in [-0.39, 0.29) is 5.69 Å². The van der Waals surface area contributed by atoms with Crippen LogP contribution in [0.1, 0.15) is 17.2 Å². The van der Waals surface area contributed by atoms with Gasteiger partial charge in [-0.1, -0.05) is 0 Å². The Labute approximate surface area is 113 Å². The number of aliphatic hydroxyl groups excluding tert-OH is 1. The molecular formula is C14H11N3O3. The number of nitro groups is 1. The van der Waals surface area contributed by atoms with Gasteiger partial charge in [-0.25, -0.2) is 4.98 Å². The number of nitro benzene ring substituents is 1. The Bertz CT molecular complexity index is 765. The minimum absolute atomic E-state index is 0.00143. The summed E-state index contributed by atoms with van der Waals surface area (Å²) in [5, 5.41) is 21.8. The molecule has 2 N–H and O–H groups in total. The maximum absolute atomic E-state index is 10.6. The van der Waals surface area contributed by atoms with E-state index >= 15 is 0 Å². The summed E-state index contributed by atoms with van der Waals surface area (Å²) in [5.41, 5.74) is 1.99. The summed E-state index contributed by atoms with van der Waals surface area (Å²) in [4.78, 5) is 17.3. The second kappa shape index (κ2) is 4.75. The van der Waals surface area contributed by atoms with Gasteiger partial charge >= 0.3 is 0 Å². The molecule has 0 spiro atoms. The van der Waals surface area contributed by atoms with Crippen molar-refractivity contribution in [3.63, 3.8) is 0 Å². The third kappa shape index (κ3) is 2.02. The van der Waals surface area contributed by atoms with Crippen molar-refractivity contribution in [3.05, 3.63) is 70.0 Å².